The number of ether oxygens (including phenoxy) is 1. The lowest BCUT2D eigenvalue weighted by atomic mass is 10.1. The number of hydrogen-bond donors (Lipinski definition) is 1. The third-order valence-corrected chi connectivity index (χ3v) is 6.68. The van der Waals surface area contributed by atoms with E-state index in [1.54, 1.807) is 37.6 Å². The van der Waals surface area contributed by atoms with Gasteiger partial charge in [-0.1, -0.05) is 34.7 Å². The number of ketones is 1. The zero-order valence-corrected chi connectivity index (χ0v) is 19.2. The van der Waals surface area contributed by atoms with Crippen LogP contribution in [0.3, 0.4) is 0 Å². The molecule has 0 spiro atoms. The molecule has 152 valence electrons. The fourth-order valence-electron chi connectivity index (χ4n) is 2.85. The molecule has 1 N–H and O–H groups in total. The van der Waals surface area contributed by atoms with Crippen molar-refractivity contribution in [1.82, 2.24) is 14.8 Å². The van der Waals surface area contributed by atoms with Crippen LogP contribution >= 0.6 is 46.9 Å². The van der Waals surface area contributed by atoms with Gasteiger partial charge in [0, 0.05) is 16.4 Å². The molecule has 0 unspecified atom stereocenters. The molecule has 0 fully saturated rings. The second-order valence-electron chi connectivity index (χ2n) is 6.08. The number of hydrogen-bond acceptors (Lipinski definition) is 7. The molecule has 0 saturated carbocycles. The Morgan fingerprint density at radius 3 is 2.55 bits per heavy atom. The number of aryl methyl sites for hydroxylation is 2. The molecule has 0 aliphatic heterocycles. The van der Waals surface area contributed by atoms with Gasteiger partial charge in [-0.25, -0.2) is 9.48 Å². The second-order valence-corrected chi connectivity index (χ2v) is 9.36. The van der Waals surface area contributed by atoms with Gasteiger partial charge in [0.2, 0.25) is 0 Å². The predicted molar refractivity (Wildman–Crippen MR) is 119 cm³/mol. The summed E-state index contributed by atoms with van der Waals surface area (Å²) >= 11 is 13.9. The minimum atomic E-state index is -0.495. The van der Waals surface area contributed by atoms with E-state index >= 15 is 0 Å². The quantitative estimate of drug-likeness (QED) is 0.216. The van der Waals surface area contributed by atoms with Gasteiger partial charge in [-0.15, -0.1) is 5.10 Å². The van der Waals surface area contributed by atoms with Crippen LogP contribution in [-0.4, -0.2) is 38.9 Å². The number of H-pyrrole nitrogens is 1. The van der Waals surface area contributed by atoms with Gasteiger partial charge < -0.3 is 9.72 Å². The van der Waals surface area contributed by atoms with Gasteiger partial charge in [0.05, 0.1) is 29.2 Å². The van der Waals surface area contributed by atoms with Crippen LogP contribution in [0, 0.1) is 17.8 Å². The third-order valence-electron chi connectivity index (χ3n) is 4.06. The standard InChI is InChI=1S/C19H18ClN3O3S3/c1-4-26-17(25)16-11(3)21-10(2)15(16)14(24)9-28-18-22-23(19(27)29-18)13-7-5-12(20)6-8-13/h5-8,21H,4,9H2,1-3H3. The number of thioether (sulfide) groups is 1. The first-order valence-corrected chi connectivity index (χ1v) is 11.3. The Hall–Kier alpha value is -1.94. The van der Waals surface area contributed by atoms with E-state index in [1.807, 2.05) is 12.1 Å². The Morgan fingerprint density at radius 2 is 1.90 bits per heavy atom. The van der Waals surface area contributed by atoms with Gasteiger partial charge in [-0.2, -0.15) is 0 Å². The highest BCUT2D eigenvalue weighted by Gasteiger charge is 2.25. The summed E-state index contributed by atoms with van der Waals surface area (Å²) in [5.74, 6) is -0.530. The van der Waals surface area contributed by atoms with Crippen molar-refractivity contribution in [3.8, 4) is 5.69 Å². The Kier molecular flexibility index (Phi) is 6.94. The molecule has 2 aromatic heterocycles. The van der Waals surface area contributed by atoms with Crippen molar-refractivity contribution in [2.75, 3.05) is 12.4 Å². The molecule has 3 rings (SSSR count). The smallest absolute Gasteiger partial charge is 0.340 e. The normalized spacial score (nSPS) is 10.9. The molecular weight excluding hydrogens is 450 g/mol. The van der Waals surface area contributed by atoms with E-state index in [9.17, 15) is 9.59 Å². The average molecular weight is 468 g/mol. The van der Waals surface area contributed by atoms with E-state index in [4.69, 9.17) is 28.6 Å². The SMILES string of the molecule is CCOC(=O)c1c(C)[nH]c(C)c1C(=O)CSc1nn(-c2ccc(Cl)cc2)c(=S)s1. The lowest BCUT2D eigenvalue weighted by Crippen LogP contribution is -2.13. The number of nitrogens with one attached hydrogen (secondary N) is 1. The number of aromatic nitrogens is 3. The minimum absolute atomic E-state index is 0.132. The van der Waals surface area contributed by atoms with Crippen LogP contribution in [0.15, 0.2) is 28.6 Å². The maximum Gasteiger partial charge on any atom is 0.340 e. The van der Waals surface area contributed by atoms with E-state index in [1.165, 1.54) is 23.1 Å². The Balaban J connectivity index is 1.79. The number of rotatable bonds is 7. The molecule has 0 aliphatic carbocycles. The molecule has 10 heteroatoms. The highest BCUT2D eigenvalue weighted by molar-refractivity contribution is 8.01. The van der Waals surface area contributed by atoms with Crippen LogP contribution in [0.2, 0.25) is 5.02 Å². The topological polar surface area (TPSA) is 77.0 Å². The summed E-state index contributed by atoms with van der Waals surface area (Å²) in [6, 6.07) is 7.19. The molecular formula is C19H18ClN3O3S3. The molecule has 0 amide bonds. The number of nitrogens with zero attached hydrogens (tertiary/aromatic N) is 2. The van der Waals surface area contributed by atoms with Crippen molar-refractivity contribution in [2.45, 2.75) is 25.1 Å². The van der Waals surface area contributed by atoms with Gasteiger partial charge in [-0.3, -0.25) is 4.79 Å². The average Bonchev–Trinajstić information content (AvgIpc) is 3.19. The number of carbonyl (C=O) groups is 2. The first kappa shape index (κ1) is 21.8. The van der Waals surface area contributed by atoms with Crippen molar-refractivity contribution in [3.05, 3.63) is 55.8 Å². The maximum atomic E-state index is 12.9. The fraction of sp³-hybridized carbons (Fsp3) is 0.263. The molecule has 3 aromatic rings. The summed E-state index contributed by atoms with van der Waals surface area (Å²) in [6.45, 7) is 5.50. The van der Waals surface area contributed by atoms with E-state index in [2.05, 4.69) is 10.1 Å². The summed E-state index contributed by atoms with van der Waals surface area (Å²) < 4.78 is 7.98. The van der Waals surface area contributed by atoms with Gasteiger partial charge in [0.25, 0.3) is 0 Å². The molecule has 1 aromatic carbocycles. The monoisotopic (exact) mass is 467 g/mol. The summed E-state index contributed by atoms with van der Waals surface area (Å²) in [5, 5.41) is 5.12. The van der Waals surface area contributed by atoms with E-state index in [-0.39, 0.29) is 18.1 Å². The van der Waals surface area contributed by atoms with Crippen LogP contribution in [0.5, 0.6) is 0 Å². The van der Waals surface area contributed by atoms with Crippen LogP contribution in [0.25, 0.3) is 5.69 Å². The van der Waals surface area contributed by atoms with Gasteiger partial charge in [0.1, 0.15) is 0 Å². The van der Waals surface area contributed by atoms with Crippen molar-refractivity contribution in [3.63, 3.8) is 0 Å². The lowest BCUT2D eigenvalue weighted by Gasteiger charge is -2.05. The van der Waals surface area contributed by atoms with Crippen LogP contribution in [-0.2, 0) is 4.74 Å². The summed E-state index contributed by atoms with van der Waals surface area (Å²) in [7, 11) is 0. The van der Waals surface area contributed by atoms with E-state index in [0.29, 0.717) is 35.8 Å². The second kappa shape index (κ2) is 9.25. The summed E-state index contributed by atoms with van der Waals surface area (Å²) in [4.78, 5) is 28.2. The number of carbonyl (C=O) groups excluding carboxylic acids is 2. The highest BCUT2D eigenvalue weighted by atomic mass is 35.5. The molecule has 6 nitrogen and oxygen atoms in total. The summed E-state index contributed by atoms with van der Waals surface area (Å²) in [5.41, 5.74) is 2.74. The predicted octanol–water partition coefficient (Wildman–Crippen LogP) is 5.41. The molecule has 0 radical (unpaired) electrons. The number of benzene rings is 1. The molecule has 0 saturated heterocycles. The summed E-state index contributed by atoms with van der Waals surface area (Å²) in [6.07, 6.45) is 0. The molecule has 0 aliphatic rings. The van der Waals surface area contributed by atoms with Gasteiger partial charge in [0.15, 0.2) is 14.1 Å². The highest BCUT2D eigenvalue weighted by Crippen LogP contribution is 2.27. The first-order chi connectivity index (χ1) is 13.8. The van der Waals surface area contributed by atoms with E-state index < -0.39 is 5.97 Å². The van der Waals surface area contributed by atoms with Crippen LogP contribution in [0.1, 0.15) is 39.0 Å². The van der Waals surface area contributed by atoms with Crippen molar-refractivity contribution >= 4 is 58.7 Å². The number of esters is 1. The fourth-order valence-corrected chi connectivity index (χ4v) is 5.21. The molecule has 0 atom stereocenters. The number of aromatic amines is 1. The van der Waals surface area contributed by atoms with Crippen molar-refractivity contribution < 1.29 is 14.3 Å². The number of halogens is 1. The first-order valence-electron chi connectivity index (χ1n) is 8.70. The van der Waals surface area contributed by atoms with Crippen molar-refractivity contribution in [1.29, 1.82) is 0 Å². The Labute approximate surface area is 186 Å². The maximum absolute atomic E-state index is 12.9. The molecule has 29 heavy (non-hydrogen) atoms. The van der Waals surface area contributed by atoms with Gasteiger partial charge >= 0.3 is 5.97 Å². The molecule has 2 heterocycles. The zero-order valence-electron chi connectivity index (χ0n) is 15.9. The lowest BCUT2D eigenvalue weighted by molar-refractivity contribution is 0.0522. The Morgan fingerprint density at radius 1 is 1.24 bits per heavy atom. The largest absolute Gasteiger partial charge is 0.462 e. The number of Topliss-reactive ketones (excluding diaryl/α,β-unsaturated/α-hetero) is 1. The van der Waals surface area contributed by atoms with Crippen molar-refractivity contribution in [2.24, 2.45) is 0 Å². The van der Waals surface area contributed by atoms with Crippen LogP contribution in [0.4, 0.5) is 0 Å². The molecule has 0 bridgehead atoms. The van der Waals surface area contributed by atoms with Gasteiger partial charge in [-0.05, 0) is 57.3 Å². The van der Waals surface area contributed by atoms with E-state index in [0.717, 1.165) is 5.69 Å². The zero-order chi connectivity index (χ0) is 21.1. The third kappa shape index (κ3) is 4.80. The Bertz CT molecular complexity index is 1120. The minimum Gasteiger partial charge on any atom is -0.462 e. The van der Waals surface area contributed by atoms with Crippen LogP contribution < -0.4 is 0 Å².